The highest BCUT2D eigenvalue weighted by Crippen LogP contribution is 2.39. The van der Waals surface area contributed by atoms with Crippen molar-refractivity contribution < 1.29 is 30.8 Å². The number of benzene rings is 3. The zero-order chi connectivity index (χ0) is 35.3. The summed E-state index contributed by atoms with van der Waals surface area (Å²) in [4.78, 5) is 4.13. The van der Waals surface area contributed by atoms with Gasteiger partial charge in [-0.05, 0) is 74.9 Å². The Balaban J connectivity index is 0.00000650. The lowest BCUT2D eigenvalue weighted by molar-refractivity contribution is -0.923. The molecule has 1 N–H and O–H groups in total. The van der Waals surface area contributed by atoms with E-state index < -0.39 is 37.8 Å². The van der Waals surface area contributed by atoms with Crippen LogP contribution in [0.1, 0.15) is 65.3 Å². The molecule has 0 aliphatic carbocycles. The van der Waals surface area contributed by atoms with Gasteiger partial charge in [-0.3, -0.25) is 4.57 Å². The summed E-state index contributed by atoms with van der Waals surface area (Å²) in [7, 11) is -2.60. The lowest BCUT2D eigenvalue weighted by Gasteiger charge is -2.35. The molecule has 0 amide bonds. The van der Waals surface area contributed by atoms with Gasteiger partial charge in [0.1, 0.15) is 23.2 Å². The van der Waals surface area contributed by atoms with Crippen molar-refractivity contribution in [2.45, 2.75) is 69.7 Å². The molecule has 0 aliphatic rings. The molecular weight excluding hydrogens is 693 g/mol. The molecule has 4 rings (SSSR count). The van der Waals surface area contributed by atoms with E-state index in [1.807, 2.05) is 30.5 Å². The quantitative estimate of drug-likeness (QED) is 0.0707. The SMILES string of the molecule is C.CC[N+](CC)(CC)CCCNS(=O)(=O)c1cc(F)c(CSc2ncc(C(C)(C)c3ccc(Cl)c(OC)c3)n2-c2ccc(F)cc2)c(F)c1. The number of ether oxygens (including phenoxy) is 1. The monoisotopic (exact) mass is 739 g/mol. The number of nitrogens with one attached hydrogen (secondary N) is 1. The normalized spacial score (nSPS) is 12.2. The van der Waals surface area contributed by atoms with Gasteiger partial charge in [0.05, 0.1) is 55.1 Å². The van der Waals surface area contributed by atoms with Gasteiger partial charge in [-0.2, -0.15) is 0 Å². The van der Waals surface area contributed by atoms with Crippen molar-refractivity contribution in [1.82, 2.24) is 14.3 Å². The molecule has 0 unspecified atom stereocenters. The number of aromatic nitrogens is 2. The van der Waals surface area contributed by atoms with Crippen molar-refractivity contribution in [1.29, 1.82) is 0 Å². The second-order valence-electron chi connectivity index (χ2n) is 12.1. The fraction of sp³-hybridized carbons (Fsp3) is 0.417. The highest BCUT2D eigenvalue weighted by atomic mass is 35.5. The number of sulfonamides is 1. The zero-order valence-electron chi connectivity index (χ0n) is 28.1. The molecule has 7 nitrogen and oxygen atoms in total. The minimum Gasteiger partial charge on any atom is -0.495 e. The Labute approximate surface area is 298 Å². The molecule has 0 atom stereocenters. The maximum absolute atomic E-state index is 15.4. The molecule has 3 aromatic carbocycles. The number of hydrogen-bond donors (Lipinski definition) is 1. The summed E-state index contributed by atoms with van der Waals surface area (Å²) in [5.74, 6) is -2.05. The molecule has 0 fully saturated rings. The molecule has 0 bridgehead atoms. The molecule has 0 saturated carbocycles. The predicted molar refractivity (Wildman–Crippen MR) is 193 cm³/mol. The van der Waals surface area contributed by atoms with Crippen LogP contribution in [-0.4, -0.2) is 62.3 Å². The minimum atomic E-state index is -4.13. The van der Waals surface area contributed by atoms with Crippen molar-refractivity contribution in [3.8, 4) is 11.4 Å². The number of thioether (sulfide) groups is 1. The topological polar surface area (TPSA) is 73.2 Å². The van der Waals surface area contributed by atoms with Crippen LogP contribution in [0.2, 0.25) is 5.02 Å². The Hall–Kier alpha value is -3.03. The predicted octanol–water partition coefficient (Wildman–Crippen LogP) is 8.75. The van der Waals surface area contributed by atoms with Crippen molar-refractivity contribution >= 4 is 33.4 Å². The molecule has 0 spiro atoms. The van der Waals surface area contributed by atoms with Crippen LogP contribution in [0.5, 0.6) is 5.75 Å². The van der Waals surface area contributed by atoms with Crippen LogP contribution in [-0.2, 0) is 21.2 Å². The number of hydrogen-bond acceptors (Lipinski definition) is 5. The van der Waals surface area contributed by atoms with Crippen LogP contribution >= 0.6 is 23.4 Å². The number of halogens is 4. The molecule has 1 heterocycles. The zero-order valence-corrected chi connectivity index (χ0v) is 30.5. The Morgan fingerprint density at radius 3 is 2.16 bits per heavy atom. The number of quaternary nitrogens is 1. The Kier molecular flexibility index (Phi) is 13.8. The first kappa shape index (κ1) is 40.4. The summed E-state index contributed by atoms with van der Waals surface area (Å²) in [6.07, 6.45) is 2.27. The van der Waals surface area contributed by atoms with Gasteiger partial charge in [0, 0.05) is 35.4 Å². The standard InChI is InChI=1S/C35H43ClF3N4O3S2.CH4/c1-7-43(8-2,9-3)18-10-17-41-48(44,45)27-20-30(38)28(31(39)21-27)23-47-34-40-22-33(42(34)26-14-12-25(37)13-15-26)35(4,5)24-11-16-29(36)32(19-24)46-6;/h11-16,19-22,41H,7-10,17-18,23H2,1-6H3;1H4/q+1;. The van der Waals surface area contributed by atoms with E-state index in [1.165, 1.54) is 19.2 Å². The second-order valence-corrected chi connectivity index (χ2v) is 15.2. The number of nitrogens with zero attached hydrogens (tertiary/aromatic N) is 3. The van der Waals surface area contributed by atoms with Crippen molar-refractivity contribution in [2.24, 2.45) is 0 Å². The summed E-state index contributed by atoms with van der Waals surface area (Å²) in [6, 6.07) is 13.0. The van der Waals surface area contributed by atoms with E-state index >= 15 is 8.78 Å². The minimum absolute atomic E-state index is 0. The van der Waals surface area contributed by atoms with E-state index in [0.29, 0.717) is 28.0 Å². The van der Waals surface area contributed by atoms with E-state index in [-0.39, 0.29) is 25.3 Å². The van der Waals surface area contributed by atoms with E-state index in [2.05, 4.69) is 30.5 Å². The van der Waals surface area contributed by atoms with Crippen LogP contribution in [0, 0.1) is 17.5 Å². The number of imidazole rings is 1. The average molecular weight is 740 g/mol. The Bertz CT molecular complexity index is 1800. The van der Waals surface area contributed by atoms with Crippen molar-refractivity contribution in [3.05, 3.63) is 100 Å². The number of methoxy groups -OCH3 is 1. The molecule has 4 aromatic rings. The first-order valence-corrected chi connectivity index (χ1v) is 18.7. The molecular formula is C36H47ClF3N4O3S2+. The Morgan fingerprint density at radius 1 is 0.980 bits per heavy atom. The third-order valence-corrected chi connectivity index (χ3v) is 11.9. The largest absolute Gasteiger partial charge is 0.495 e. The van der Waals surface area contributed by atoms with Gasteiger partial charge in [-0.1, -0.05) is 50.7 Å². The molecule has 13 heteroatoms. The Morgan fingerprint density at radius 2 is 1.59 bits per heavy atom. The average Bonchev–Trinajstić information content (AvgIpc) is 3.50. The first-order valence-electron chi connectivity index (χ1n) is 15.9. The van der Waals surface area contributed by atoms with E-state index in [9.17, 15) is 12.8 Å². The van der Waals surface area contributed by atoms with Crippen LogP contribution in [0.4, 0.5) is 13.2 Å². The molecule has 1 aromatic heterocycles. The summed E-state index contributed by atoms with van der Waals surface area (Å²) in [5.41, 5.74) is 1.24. The lowest BCUT2D eigenvalue weighted by atomic mass is 9.81. The summed E-state index contributed by atoms with van der Waals surface area (Å²) in [6.45, 7) is 14.1. The summed E-state index contributed by atoms with van der Waals surface area (Å²) >= 11 is 7.35. The van der Waals surface area contributed by atoms with E-state index in [4.69, 9.17) is 16.3 Å². The molecule has 0 radical (unpaired) electrons. The van der Waals surface area contributed by atoms with Gasteiger partial charge in [-0.25, -0.2) is 31.3 Å². The van der Waals surface area contributed by atoms with Gasteiger partial charge in [-0.15, -0.1) is 0 Å². The lowest BCUT2D eigenvalue weighted by Crippen LogP contribution is -2.48. The molecule has 0 aliphatic heterocycles. The molecule has 268 valence electrons. The van der Waals surface area contributed by atoms with Crippen LogP contribution < -0.4 is 9.46 Å². The van der Waals surface area contributed by atoms with E-state index in [1.54, 1.807) is 24.4 Å². The van der Waals surface area contributed by atoms with E-state index in [0.717, 1.165) is 65.8 Å². The van der Waals surface area contributed by atoms with Crippen LogP contribution in [0.25, 0.3) is 5.69 Å². The van der Waals surface area contributed by atoms with Gasteiger partial charge in [0.25, 0.3) is 0 Å². The fourth-order valence-corrected chi connectivity index (χ4v) is 8.07. The number of rotatable bonds is 16. The maximum Gasteiger partial charge on any atom is 0.240 e. The first-order chi connectivity index (χ1) is 22.7. The van der Waals surface area contributed by atoms with Crippen LogP contribution in [0.3, 0.4) is 0 Å². The van der Waals surface area contributed by atoms with Gasteiger partial charge >= 0.3 is 0 Å². The highest BCUT2D eigenvalue weighted by molar-refractivity contribution is 7.98. The van der Waals surface area contributed by atoms with Gasteiger partial charge in [0.15, 0.2) is 5.16 Å². The van der Waals surface area contributed by atoms with Gasteiger partial charge < -0.3 is 9.22 Å². The van der Waals surface area contributed by atoms with Crippen molar-refractivity contribution in [2.75, 3.05) is 39.8 Å². The smallest absolute Gasteiger partial charge is 0.240 e. The summed E-state index contributed by atoms with van der Waals surface area (Å²) in [5, 5.41) is 0.865. The van der Waals surface area contributed by atoms with Crippen molar-refractivity contribution in [3.63, 3.8) is 0 Å². The molecule has 49 heavy (non-hydrogen) atoms. The van der Waals surface area contributed by atoms with Gasteiger partial charge in [0.2, 0.25) is 10.0 Å². The highest BCUT2D eigenvalue weighted by Gasteiger charge is 2.31. The maximum atomic E-state index is 15.4. The van der Waals surface area contributed by atoms with Crippen LogP contribution in [0.15, 0.2) is 70.8 Å². The third-order valence-electron chi connectivity index (χ3n) is 9.21. The summed E-state index contributed by atoms with van der Waals surface area (Å²) < 4.78 is 81.2. The second kappa shape index (κ2) is 16.8. The fourth-order valence-electron chi connectivity index (χ4n) is 5.77. The third kappa shape index (κ3) is 9.02. The molecule has 0 saturated heterocycles.